The molecule has 94 valence electrons. The van der Waals surface area contributed by atoms with Crippen LogP contribution in [-0.2, 0) is 6.42 Å². The maximum absolute atomic E-state index is 5.79. The largest absolute Gasteiger partial charge is 0.493 e. The Bertz CT molecular complexity index is 370. The van der Waals surface area contributed by atoms with Crippen LogP contribution >= 0.6 is 11.6 Å². The smallest absolute Gasteiger partial charge is 0.127 e. The minimum atomic E-state index is 0.127. The van der Waals surface area contributed by atoms with Gasteiger partial charge < -0.3 is 4.74 Å². The van der Waals surface area contributed by atoms with Gasteiger partial charge in [-0.1, -0.05) is 18.2 Å². The highest BCUT2D eigenvalue weighted by atomic mass is 35.5. The Labute approximate surface area is 107 Å². The molecule has 1 aromatic rings. The van der Waals surface area contributed by atoms with Gasteiger partial charge in [0, 0.05) is 17.5 Å². The van der Waals surface area contributed by atoms with Gasteiger partial charge in [0.15, 0.2) is 0 Å². The Balaban J connectivity index is 2.23. The number of ether oxygens (including phenoxy) is 1. The van der Waals surface area contributed by atoms with Crippen LogP contribution in [0, 0.1) is 0 Å². The number of fused-ring (bicyclic) bond motifs is 1. The second kappa shape index (κ2) is 6.24. The van der Waals surface area contributed by atoms with E-state index in [9.17, 15) is 0 Å². The third kappa shape index (κ3) is 2.92. The van der Waals surface area contributed by atoms with Crippen molar-refractivity contribution in [3.63, 3.8) is 0 Å². The molecule has 0 fully saturated rings. The molecule has 17 heavy (non-hydrogen) atoms. The van der Waals surface area contributed by atoms with E-state index in [0.717, 1.165) is 43.6 Å². The molecule has 3 N–H and O–H groups in total. The molecule has 0 amide bonds. The van der Waals surface area contributed by atoms with Crippen LogP contribution in [0.4, 0.5) is 0 Å². The lowest BCUT2D eigenvalue weighted by Gasteiger charge is -2.24. The van der Waals surface area contributed by atoms with Crippen molar-refractivity contribution in [1.29, 1.82) is 0 Å². The maximum atomic E-state index is 5.79. The van der Waals surface area contributed by atoms with Gasteiger partial charge in [-0.3, -0.25) is 11.3 Å². The molecular formula is C13H19ClN2O. The topological polar surface area (TPSA) is 47.3 Å². The fourth-order valence-electron chi connectivity index (χ4n) is 2.30. The molecule has 1 atom stereocenters. The van der Waals surface area contributed by atoms with Gasteiger partial charge in [0.25, 0.3) is 0 Å². The molecule has 0 aliphatic carbocycles. The third-order valence-electron chi connectivity index (χ3n) is 3.17. The number of benzene rings is 1. The van der Waals surface area contributed by atoms with E-state index in [-0.39, 0.29) is 6.04 Å². The molecule has 2 rings (SSSR count). The Morgan fingerprint density at radius 2 is 2.35 bits per heavy atom. The molecule has 0 spiro atoms. The number of para-hydroxylation sites is 1. The number of nitrogens with two attached hydrogens (primary N) is 1. The van der Waals surface area contributed by atoms with E-state index >= 15 is 0 Å². The fourth-order valence-corrected chi connectivity index (χ4v) is 2.45. The SMILES string of the molecule is NNC(CCCCl)c1cccc2c1OCCC2. The van der Waals surface area contributed by atoms with Gasteiger partial charge >= 0.3 is 0 Å². The van der Waals surface area contributed by atoms with Crippen LogP contribution in [0.2, 0.25) is 0 Å². The number of hydrogen-bond donors (Lipinski definition) is 2. The van der Waals surface area contributed by atoms with Gasteiger partial charge in [0.05, 0.1) is 6.61 Å². The first kappa shape index (κ1) is 12.7. The summed E-state index contributed by atoms with van der Waals surface area (Å²) in [5.74, 6) is 7.32. The molecule has 0 saturated carbocycles. The normalized spacial score (nSPS) is 16.1. The van der Waals surface area contributed by atoms with Crippen molar-refractivity contribution in [3.8, 4) is 5.75 Å². The van der Waals surface area contributed by atoms with Crippen molar-refractivity contribution < 1.29 is 4.74 Å². The van der Waals surface area contributed by atoms with E-state index in [1.54, 1.807) is 0 Å². The molecule has 0 aromatic heterocycles. The molecule has 0 bridgehead atoms. The highest BCUT2D eigenvalue weighted by Crippen LogP contribution is 2.34. The van der Waals surface area contributed by atoms with Crippen molar-refractivity contribution in [3.05, 3.63) is 29.3 Å². The zero-order chi connectivity index (χ0) is 12.1. The van der Waals surface area contributed by atoms with Gasteiger partial charge in [-0.2, -0.15) is 0 Å². The number of halogens is 1. The Morgan fingerprint density at radius 1 is 1.47 bits per heavy atom. The van der Waals surface area contributed by atoms with E-state index in [4.69, 9.17) is 22.2 Å². The summed E-state index contributed by atoms with van der Waals surface area (Å²) in [5.41, 5.74) is 5.32. The van der Waals surface area contributed by atoms with Gasteiger partial charge in [-0.25, -0.2) is 0 Å². The Morgan fingerprint density at radius 3 is 3.12 bits per heavy atom. The summed E-state index contributed by atoms with van der Waals surface area (Å²) < 4.78 is 5.79. The van der Waals surface area contributed by atoms with Crippen molar-refractivity contribution in [2.45, 2.75) is 31.7 Å². The van der Waals surface area contributed by atoms with Crippen LogP contribution in [0.1, 0.15) is 36.4 Å². The molecule has 0 radical (unpaired) electrons. The highest BCUT2D eigenvalue weighted by molar-refractivity contribution is 6.17. The standard InChI is InChI=1S/C13H19ClN2O/c14-8-2-7-12(16-15)11-6-1-4-10-5-3-9-17-13(10)11/h1,4,6,12,16H,2-3,5,7-9,15H2. The number of alkyl halides is 1. The summed E-state index contributed by atoms with van der Waals surface area (Å²) in [5, 5.41) is 0. The molecule has 4 heteroatoms. The van der Waals surface area contributed by atoms with E-state index in [2.05, 4.69) is 23.6 Å². The lowest BCUT2D eigenvalue weighted by atomic mass is 9.96. The van der Waals surface area contributed by atoms with Crippen LogP contribution in [0.3, 0.4) is 0 Å². The highest BCUT2D eigenvalue weighted by Gasteiger charge is 2.19. The molecular weight excluding hydrogens is 236 g/mol. The van der Waals surface area contributed by atoms with Crippen LogP contribution in [0.25, 0.3) is 0 Å². The number of hydrogen-bond acceptors (Lipinski definition) is 3. The van der Waals surface area contributed by atoms with Crippen molar-refractivity contribution in [2.24, 2.45) is 5.84 Å². The van der Waals surface area contributed by atoms with Crippen LogP contribution in [0.5, 0.6) is 5.75 Å². The van der Waals surface area contributed by atoms with Crippen LogP contribution in [-0.4, -0.2) is 12.5 Å². The Kier molecular flexibility index (Phi) is 4.66. The molecule has 1 heterocycles. The zero-order valence-corrected chi connectivity index (χ0v) is 10.7. The molecule has 3 nitrogen and oxygen atoms in total. The van der Waals surface area contributed by atoms with E-state index in [1.165, 1.54) is 5.56 Å². The first-order chi connectivity index (χ1) is 8.36. The van der Waals surface area contributed by atoms with E-state index < -0.39 is 0 Å². The average molecular weight is 255 g/mol. The average Bonchev–Trinajstić information content (AvgIpc) is 2.40. The number of aryl methyl sites for hydroxylation is 1. The zero-order valence-electron chi connectivity index (χ0n) is 9.92. The number of rotatable bonds is 5. The van der Waals surface area contributed by atoms with Gasteiger partial charge in [0.1, 0.15) is 5.75 Å². The minimum Gasteiger partial charge on any atom is -0.493 e. The quantitative estimate of drug-likeness (QED) is 0.482. The van der Waals surface area contributed by atoms with Gasteiger partial charge in [-0.05, 0) is 31.2 Å². The Hall–Kier alpha value is -0.770. The van der Waals surface area contributed by atoms with E-state index in [1.807, 2.05) is 0 Å². The van der Waals surface area contributed by atoms with Gasteiger partial charge in [-0.15, -0.1) is 11.6 Å². The first-order valence-corrected chi connectivity index (χ1v) is 6.67. The summed E-state index contributed by atoms with van der Waals surface area (Å²) in [6, 6.07) is 6.42. The van der Waals surface area contributed by atoms with Crippen molar-refractivity contribution >= 4 is 11.6 Å². The predicted octanol–water partition coefficient (Wildman–Crippen LogP) is 2.54. The lowest BCUT2D eigenvalue weighted by Crippen LogP contribution is -2.29. The van der Waals surface area contributed by atoms with Crippen LogP contribution in [0.15, 0.2) is 18.2 Å². The second-order valence-electron chi connectivity index (χ2n) is 4.34. The summed E-state index contributed by atoms with van der Waals surface area (Å²) in [7, 11) is 0. The third-order valence-corrected chi connectivity index (χ3v) is 3.43. The maximum Gasteiger partial charge on any atom is 0.127 e. The molecule has 1 aromatic carbocycles. The first-order valence-electron chi connectivity index (χ1n) is 6.13. The summed E-state index contributed by atoms with van der Waals surface area (Å²) in [6.45, 7) is 0.802. The predicted molar refractivity (Wildman–Crippen MR) is 70.3 cm³/mol. The molecule has 1 aliphatic rings. The van der Waals surface area contributed by atoms with E-state index in [0.29, 0.717) is 5.88 Å². The second-order valence-corrected chi connectivity index (χ2v) is 4.72. The monoisotopic (exact) mass is 254 g/mol. The fraction of sp³-hybridized carbons (Fsp3) is 0.538. The molecule has 0 saturated heterocycles. The molecule has 1 unspecified atom stereocenters. The lowest BCUT2D eigenvalue weighted by molar-refractivity contribution is 0.280. The van der Waals surface area contributed by atoms with Crippen molar-refractivity contribution in [2.75, 3.05) is 12.5 Å². The summed E-state index contributed by atoms with van der Waals surface area (Å²) in [4.78, 5) is 0. The summed E-state index contributed by atoms with van der Waals surface area (Å²) >= 11 is 5.73. The van der Waals surface area contributed by atoms with Crippen molar-refractivity contribution in [1.82, 2.24) is 5.43 Å². The van der Waals surface area contributed by atoms with Gasteiger partial charge in [0.2, 0.25) is 0 Å². The number of hydrazine groups is 1. The van der Waals surface area contributed by atoms with Crippen LogP contribution < -0.4 is 16.0 Å². The summed E-state index contributed by atoms with van der Waals surface area (Å²) in [6.07, 6.45) is 4.06. The minimum absolute atomic E-state index is 0.127. The molecule has 1 aliphatic heterocycles. The number of nitrogens with one attached hydrogen (secondary N) is 1.